The molecule has 6 heteroatoms. The lowest BCUT2D eigenvalue weighted by molar-refractivity contribution is -0.140. The molecule has 0 N–H and O–H groups in total. The number of esters is 1. The van der Waals surface area contributed by atoms with Crippen LogP contribution in [-0.4, -0.2) is 37.5 Å². The van der Waals surface area contributed by atoms with E-state index in [4.69, 9.17) is 0 Å². The van der Waals surface area contributed by atoms with Crippen LogP contribution in [0.2, 0.25) is 0 Å². The first-order chi connectivity index (χ1) is 8.93. The van der Waals surface area contributed by atoms with E-state index in [0.29, 0.717) is 19.0 Å². The molecule has 0 aromatic heterocycles. The Morgan fingerprint density at radius 3 is 2.32 bits per heavy atom. The molecule has 1 aromatic carbocycles. The number of methoxy groups -OCH3 is 1. The smallest absolute Gasteiger partial charge is 0.305 e. The molecule has 0 spiro atoms. The van der Waals surface area contributed by atoms with Crippen LogP contribution in [0.5, 0.6) is 0 Å². The highest BCUT2D eigenvalue weighted by Crippen LogP contribution is 2.10. The van der Waals surface area contributed by atoms with Crippen molar-refractivity contribution in [2.45, 2.75) is 12.8 Å². The van der Waals surface area contributed by atoms with Crippen LogP contribution >= 0.6 is 0 Å². The van der Waals surface area contributed by atoms with E-state index in [2.05, 4.69) is 4.74 Å². The van der Waals surface area contributed by atoms with Gasteiger partial charge in [0, 0.05) is 31.6 Å². The number of carbonyl (C=O) groups is 2. The number of ether oxygens (including phenoxy) is 1. The molecule has 0 heterocycles. The van der Waals surface area contributed by atoms with Gasteiger partial charge in [-0.2, -0.15) is 0 Å². The number of benzene rings is 1. The molecule has 0 saturated heterocycles. The zero-order chi connectivity index (χ0) is 14.4. The quantitative estimate of drug-likeness (QED) is 0.769. The first-order valence-electron chi connectivity index (χ1n) is 5.72. The molecule has 0 aliphatic rings. The monoisotopic (exact) mass is 271 g/mol. The number of nitrogens with zero attached hydrogens (tertiary/aromatic N) is 1. The maximum atomic E-state index is 13.0. The summed E-state index contributed by atoms with van der Waals surface area (Å²) in [5.41, 5.74) is -0.0573. The van der Waals surface area contributed by atoms with E-state index in [1.165, 1.54) is 19.1 Å². The van der Waals surface area contributed by atoms with Gasteiger partial charge in [-0.1, -0.05) is 0 Å². The molecule has 0 radical (unpaired) electrons. The highest BCUT2D eigenvalue weighted by Gasteiger charge is 2.14. The predicted octanol–water partition coefficient (Wildman–Crippen LogP) is 1.99. The van der Waals surface area contributed by atoms with Crippen molar-refractivity contribution < 1.29 is 23.1 Å². The van der Waals surface area contributed by atoms with E-state index in [0.717, 1.165) is 12.1 Å². The van der Waals surface area contributed by atoms with Gasteiger partial charge in [-0.05, 0) is 18.6 Å². The summed E-state index contributed by atoms with van der Waals surface area (Å²) in [4.78, 5) is 24.1. The van der Waals surface area contributed by atoms with Crippen molar-refractivity contribution in [2.75, 3.05) is 20.7 Å². The van der Waals surface area contributed by atoms with Crippen molar-refractivity contribution in [3.8, 4) is 0 Å². The van der Waals surface area contributed by atoms with Crippen molar-refractivity contribution >= 4 is 11.9 Å². The molecule has 19 heavy (non-hydrogen) atoms. The molecule has 1 aromatic rings. The Kier molecular flexibility index (Phi) is 5.41. The highest BCUT2D eigenvalue weighted by atomic mass is 19.1. The van der Waals surface area contributed by atoms with E-state index < -0.39 is 17.5 Å². The summed E-state index contributed by atoms with van der Waals surface area (Å²) >= 11 is 0. The number of amides is 1. The van der Waals surface area contributed by atoms with E-state index in [-0.39, 0.29) is 18.0 Å². The second kappa shape index (κ2) is 6.82. The van der Waals surface area contributed by atoms with Crippen LogP contribution in [-0.2, 0) is 9.53 Å². The molecule has 0 bridgehead atoms. The molecule has 0 saturated carbocycles. The standard InChI is InChI=1S/C13H15F2NO3/c1-16(5-3-4-12(17)19-2)13(18)9-6-10(14)8-11(15)7-9/h6-8H,3-5H2,1-2H3. The van der Waals surface area contributed by atoms with E-state index in [1.807, 2.05) is 0 Å². The van der Waals surface area contributed by atoms with Crippen molar-refractivity contribution in [3.63, 3.8) is 0 Å². The minimum atomic E-state index is -0.800. The lowest BCUT2D eigenvalue weighted by Gasteiger charge is -2.16. The fraction of sp³-hybridized carbons (Fsp3) is 0.385. The van der Waals surface area contributed by atoms with Crippen LogP contribution in [0.1, 0.15) is 23.2 Å². The minimum absolute atomic E-state index is 0.0573. The first kappa shape index (κ1) is 15.1. The molecular weight excluding hydrogens is 256 g/mol. The third kappa shape index (κ3) is 4.65. The van der Waals surface area contributed by atoms with Gasteiger partial charge in [-0.25, -0.2) is 8.78 Å². The van der Waals surface area contributed by atoms with Crippen LogP contribution in [0.3, 0.4) is 0 Å². The molecule has 1 rings (SSSR count). The van der Waals surface area contributed by atoms with Gasteiger partial charge in [0.05, 0.1) is 7.11 Å². The Morgan fingerprint density at radius 1 is 1.21 bits per heavy atom. The third-order valence-corrected chi connectivity index (χ3v) is 2.56. The number of hydrogen-bond acceptors (Lipinski definition) is 3. The van der Waals surface area contributed by atoms with Gasteiger partial charge in [0.2, 0.25) is 0 Å². The Hall–Kier alpha value is -1.98. The molecule has 0 unspecified atom stereocenters. The fourth-order valence-electron chi connectivity index (χ4n) is 1.56. The largest absolute Gasteiger partial charge is 0.469 e. The Bertz CT molecular complexity index is 457. The summed E-state index contributed by atoms with van der Waals surface area (Å²) < 4.78 is 30.4. The average molecular weight is 271 g/mol. The van der Waals surface area contributed by atoms with E-state index in [1.54, 1.807) is 0 Å². The van der Waals surface area contributed by atoms with Crippen LogP contribution < -0.4 is 0 Å². The first-order valence-corrected chi connectivity index (χ1v) is 5.72. The number of hydrogen-bond donors (Lipinski definition) is 0. The summed E-state index contributed by atoms with van der Waals surface area (Å²) in [5, 5.41) is 0. The van der Waals surface area contributed by atoms with Gasteiger partial charge in [-0.3, -0.25) is 9.59 Å². The predicted molar refractivity (Wildman–Crippen MR) is 64.6 cm³/mol. The lowest BCUT2D eigenvalue weighted by atomic mass is 10.2. The molecule has 0 aliphatic carbocycles. The van der Waals surface area contributed by atoms with Crippen LogP contribution in [0.25, 0.3) is 0 Å². The third-order valence-electron chi connectivity index (χ3n) is 2.56. The minimum Gasteiger partial charge on any atom is -0.469 e. The molecule has 104 valence electrons. The number of rotatable bonds is 5. The van der Waals surface area contributed by atoms with Crippen LogP contribution in [0.15, 0.2) is 18.2 Å². The summed E-state index contributed by atoms with van der Waals surface area (Å²) in [5.74, 6) is -2.46. The SMILES string of the molecule is COC(=O)CCCN(C)C(=O)c1cc(F)cc(F)c1. The molecule has 0 aliphatic heterocycles. The van der Waals surface area contributed by atoms with E-state index in [9.17, 15) is 18.4 Å². The number of carbonyl (C=O) groups excluding carboxylic acids is 2. The summed E-state index contributed by atoms with van der Waals surface area (Å²) in [6, 6.07) is 2.65. The zero-order valence-electron chi connectivity index (χ0n) is 10.8. The van der Waals surface area contributed by atoms with Gasteiger partial charge in [-0.15, -0.1) is 0 Å². The fourth-order valence-corrected chi connectivity index (χ4v) is 1.56. The zero-order valence-corrected chi connectivity index (χ0v) is 10.8. The highest BCUT2D eigenvalue weighted by molar-refractivity contribution is 5.94. The maximum Gasteiger partial charge on any atom is 0.305 e. The maximum absolute atomic E-state index is 13.0. The Balaban J connectivity index is 2.59. The van der Waals surface area contributed by atoms with Gasteiger partial charge in [0.25, 0.3) is 5.91 Å². The van der Waals surface area contributed by atoms with Crippen molar-refractivity contribution in [3.05, 3.63) is 35.4 Å². The van der Waals surface area contributed by atoms with Gasteiger partial charge in [0.1, 0.15) is 11.6 Å². The van der Waals surface area contributed by atoms with Gasteiger partial charge in [0.15, 0.2) is 0 Å². The van der Waals surface area contributed by atoms with E-state index >= 15 is 0 Å². The summed E-state index contributed by atoms with van der Waals surface area (Å²) in [6.45, 7) is 0.298. The normalized spacial score (nSPS) is 10.1. The average Bonchev–Trinajstić information content (AvgIpc) is 2.36. The van der Waals surface area contributed by atoms with Gasteiger partial charge >= 0.3 is 5.97 Å². The Morgan fingerprint density at radius 2 is 1.79 bits per heavy atom. The Labute approximate surface area is 110 Å². The molecule has 0 atom stereocenters. The summed E-state index contributed by atoms with van der Waals surface area (Å²) in [6.07, 6.45) is 0.609. The van der Waals surface area contributed by atoms with Crippen molar-refractivity contribution in [2.24, 2.45) is 0 Å². The molecule has 1 amide bonds. The second-order valence-corrected chi connectivity index (χ2v) is 4.06. The van der Waals surface area contributed by atoms with Crippen LogP contribution in [0, 0.1) is 11.6 Å². The van der Waals surface area contributed by atoms with Crippen molar-refractivity contribution in [1.29, 1.82) is 0 Å². The van der Waals surface area contributed by atoms with Gasteiger partial charge < -0.3 is 9.64 Å². The summed E-state index contributed by atoms with van der Waals surface area (Å²) in [7, 11) is 2.79. The number of halogens is 2. The lowest BCUT2D eigenvalue weighted by Crippen LogP contribution is -2.28. The molecular formula is C13H15F2NO3. The van der Waals surface area contributed by atoms with Crippen molar-refractivity contribution in [1.82, 2.24) is 4.90 Å². The topological polar surface area (TPSA) is 46.6 Å². The molecule has 0 fully saturated rings. The molecule has 4 nitrogen and oxygen atoms in total. The second-order valence-electron chi connectivity index (χ2n) is 4.06. The van der Waals surface area contributed by atoms with Crippen LogP contribution in [0.4, 0.5) is 8.78 Å².